The number of piperazine rings is 1. The van der Waals surface area contributed by atoms with Crippen molar-refractivity contribution in [3.05, 3.63) is 28.4 Å². The maximum atomic E-state index is 10.7. The Hall–Kier alpha value is -1.73. The van der Waals surface area contributed by atoms with E-state index in [1.165, 1.54) is 31.6 Å². The van der Waals surface area contributed by atoms with Gasteiger partial charge in [0, 0.05) is 44.8 Å². The number of aromatic nitrogens is 1. The van der Waals surface area contributed by atoms with Crippen molar-refractivity contribution in [2.45, 2.75) is 18.9 Å². The van der Waals surface area contributed by atoms with Gasteiger partial charge in [0.25, 0.3) is 5.69 Å². The maximum absolute atomic E-state index is 10.7. The highest BCUT2D eigenvalue weighted by molar-refractivity contribution is 5.43. The third-order valence-corrected chi connectivity index (χ3v) is 4.70. The molecule has 1 aromatic rings. The highest BCUT2D eigenvalue weighted by atomic mass is 16.6. The molecule has 0 saturated carbocycles. The molecule has 7 heteroatoms. The first kappa shape index (κ1) is 15.2. The Morgan fingerprint density at radius 2 is 2.00 bits per heavy atom. The summed E-state index contributed by atoms with van der Waals surface area (Å²) in [6.07, 6.45) is 3.92. The molecular formula is C15H23N5O2. The number of nitrogens with zero attached hydrogens (tertiary/aromatic N) is 5. The van der Waals surface area contributed by atoms with Crippen LogP contribution in [0, 0.1) is 10.1 Å². The minimum atomic E-state index is -0.408. The summed E-state index contributed by atoms with van der Waals surface area (Å²) in [5.74, 6) is 0.839. The van der Waals surface area contributed by atoms with Gasteiger partial charge in [-0.3, -0.25) is 15.0 Å². The molecule has 1 aromatic heterocycles. The van der Waals surface area contributed by atoms with Gasteiger partial charge in [-0.1, -0.05) is 0 Å². The van der Waals surface area contributed by atoms with Crippen LogP contribution in [0.4, 0.5) is 11.5 Å². The minimum absolute atomic E-state index is 0.0487. The van der Waals surface area contributed by atoms with Crippen molar-refractivity contribution in [2.24, 2.45) is 0 Å². The summed E-state index contributed by atoms with van der Waals surface area (Å²) in [6.45, 7) is 6.32. The number of hydrogen-bond donors (Lipinski definition) is 0. The summed E-state index contributed by atoms with van der Waals surface area (Å²) < 4.78 is 0. The van der Waals surface area contributed by atoms with Crippen molar-refractivity contribution in [3.63, 3.8) is 0 Å². The van der Waals surface area contributed by atoms with Crippen molar-refractivity contribution < 1.29 is 4.92 Å². The Bertz CT molecular complexity index is 513. The third-order valence-electron chi connectivity index (χ3n) is 4.70. The molecule has 0 spiro atoms. The van der Waals surface area contributed by atoms with Crippen LogP contribution in [-0.4, -0.2) is 72.1 Å². The van der Waals surface area contributed by atoms with Crippen LogP contribution in [0.2, 0.25) is 0 Å². The molecule has 2 aliphatic heterocycles. The van der Waals surface area contributed by atoms with E-state index >= 15 is 0 Å². The second-order valence-electron chi connectivity index (χ2n) is 6.21. The molecule has 0 aromatic carbocycles. The fourth-order valence-corrected chi connectivity index (χ4v) is 3.43. The standard InChI is InChI=1S/C15H23N5O2/c1-17-6-2-3-14(12-17)18-7-9-19(10-8-18)15-5-4-13(11-16-15)20(21)22/h4-5,11,14H,2-3,6-10,12H2,1H3. The highest BCUT2D eigenvalue weighted by Crippen LogP contribution is 2.20. The molecule has 0 amide bonds. The average molecular weight is 305 g/mol. The van der Waals surface area contributed by atoms with E-state index in [9.17, 15) is 10.1 Å². The zero-order valence-corrected chi connectivity index (χ0v) is 13.0. The fraction of sp³-hybridized carbons (Fsp3) is 0.667. The molecule has 2 aliphatic rings. The van der Waals surface area contributed by atoms with Crippen LogP contribution in [0.1, 0.15) is 12.8 Å². The monoisotopic (exact) mass is 305 g/mol. The van der Waals surface area contributed by atoms with Crippen LogP contribution < -0.4 is 4.90 Å². The molecule has 0 N–H and O–H groups in total. The van der Waals surface area contributed by atoms with Gasteiger partial charge >= 0.3 is 0 Å². The molecular weight excluding hydrogens is 282 g/mol. The van der Waals surface area contributed by atoms with Crippen LogP contribution in [0.3, 0.4) is 0 Å². The summed E-state index contributed by atoms with van der Waals surface area (Å²) in [5, 5.41) is 10.7. The molecule has 1 unspecified atom stereocenters. The maximum Gasteiger partial charge on any atom is 0.287 e. The summed E-state index contributed by atoms with van der Waals surface area (Å²) >= 11 is 0. The first-order valence-electron chi connectivity index (χ1n) is 7.91. The van der Waals surface area contributed by atoms with Crippen LogP contribution in [-0.2, 0) is 0 Å². The van der Waals surface area contributed by atoms with Crippen molar-refractivity contribution in [2.75, 3.05) is 51.2 Å². The first-order chi connectivity index (χ1) is 10.6. The van der Waals surface area contributed by atoms with Gasteiger partial charge in [0.1, 0.15) is 12.0 Å². The number of pyridine rings is 1. The van der Waals surface area contributed by atoms with E-state index in [-0.39, 0.29) is 5.69 Å². The topological polar surface area (TPSA) is 65.8 Å². The molecule has 0 bridgehead atoms. The van der Waals surface area contributed by atoms with Gasteiger partial charge in [-0.15, -0.1) is 0 Å². The van der Waals surface area contributed by atoms with E-state index < -0.39 is 4.92 Å². The van der Waals surface area contributed by atoms with Gasteiger partial charge in [-0.2, -0.15) is 0 Å². The molecule has 2 fully saturated rings. The van der Waals surface area contributed by atoms with Gasteiger partial charge in [-0.25, -0.2) is 4.98 Å². The van der Waals surface area contributed by atoms with Gasteiger partial charge in [0.05, 0.1) is 4.92 Å². The second kappa shape index (κ2) is 6.58. The lowest BCUT2D eigenvalue weighted by Crippen LogP contribution is -2.54. The number of rotatable bonds is 3. The third kappa shape index (κ3) is 3.36. The predicted molar refractivity (Wildman–Crippen MR) is 85.2 cm³/mol. The lowest BCUT2D eigenvalue weighted by Gasteiger charge is -2.42. The number of piperidine rings is 1. The number of anilines is 1. The Labute approximate surface area is 130 Å². The van der Waals surface area contributed by atoms with Crippen molar-refractivity contribution in [3.8, 4) is 0 Å². The predicted octanol–water partition coefficient (Wildman–Crippen LogP) is 1.21. The van der Waals surface area contributed by atoms with E-state index in [1.54, 1.807) is 6.07 Å². The first-order valence-corrected chi connectivity index (χ1v) is 7.91. The molecule has 2 saturated heterocycles. The average Bonchev–Trinajstić information content (AvgIpc) is 2.55. The van der Waals surface area contributed by atoms with E-state index in [0.717, 1.165) is 38.5 Å². The molecule has 7 nitrogen and oxygen atoms in total. The van der Waals surface area contributed by atoms with Gasteiger partial charge < -0.3 is 9.80 Å². The van der Waals surface area contributed by atoms with Gasteiger partial charge in [0.2, 0.25) is 0 Å². The minimum Gasteiger partial charge on any atom is -0.354 e. The highest BCUT2D eigenvalue weighted by Gasteiger charge is 2.27. The van der Waals surface area contributed by atoms with Gasteiger partial charge in [-0.05, 0) is 32.5 Å². The van der Waals surface area contributed by atoms with E-state index in [0.29, 0.717) is 6.04 Å². The molecule has 0 radical (unpaired) electrons. The Morgan fingerprint density at radius 3 is 2.59 bits per heavy atom. The van der Waals surface area contributed by atoms with Crippen LogP contribution >= 0.6 is 0 Å². The SMILES string of the molecule is CN1CCCC(N2CCN(c3ccc([N+](=O)[O-])cn3)CC2)C1. The molecule has 0 aliphatic carbocycles. The zero-order chi connectivity index (χ0) is 15.5. The number of likely N-dealkylation sites (tertiary alicyclic amines) is 1. The molecule has 120 valence electrons. The molecule has 1 atom stereocenters. The Balaban J connectivity index is 1.56. The van der Waals surface area contributed by atoms with Crippen LogP contribution in [0.25, 0.3) is 0 Å². The van der Waals surface area contributed by atoms with E-state index in [4.69, 9.17) is 0 Å². The largest absolute Gasteiger partial charge is 0.354 e. The summed E-state index contributed by atoms with van der Waals surface area (Å²) in [5.41, 5.74) is 0.0487. The summed E-state index contributed by atoms with van der Waals surface area (Å²) in [4.78, 5) is 21.7. The smallest absolute Gasteiger partial charge is 0.287 e. The van der Waals surface area contributed by atoms with E-state index in [1.807, 2.05) is 0 Å². The fourth-order valence-electron chi connectivity index (χ4n) is 3.43. The number of hydrogen-bond acceptors (Lipinski definition) is 6. The molecule has 22 heavy (non-hydrogen) atoms. The number of likely N-dealkylation sites (N-methyl/N-ethyl adjacent to an activating group) is 1. The summed E-state index contributed by atoms with van der Waals surface area (Å²) in [7, 11) is 2.20. The van der Waals surface area contributed by atoms with E-state index in [2.05, 4.69) is 26.7 Å². The Morgan fingerprint density at radius 1 is 1.23 bits per heavy atom. The second-order valence-corrected chi connectivity index (χ2v) is 6.21. The van der Waals surface area contributed by atoms with Gasteiger partial charge in [0.15, 0.2) is 0 Å². The molecule has 3 rings (SSSR count). The van der Waals surface area contributed by atoms with Crippen LogP contribution in [0.5, 0.6) is 0 Å². The lowest BCUT2D eigenvalue weighted by molar-refractivity contribution is -0.385. The van der Waals surface area contributed by atoms with Crippen molar-refractivity contribution in [1.82, 2.24) is 14.8 Å². The lowest BCUT2D eigenvalue weighted by atomic mass is 10.0. The quantitative estimate of drug-likeness (QED) is 0.618. The van der Waals surface area contributed by atoms with Crippen molar-refractivity contribution in [1.29, 1.82) is 0 Å². The van der Waals surface area contributed by atoms with Crippen LogP contribution in [0.15, 0.2) is 18.3 Å². The van der Waals surface area contributed by atoms with Crippen molar-refractivity contribution >= 4 is 11.5 Å². The number of nitro groups is 1. The normalized spacial score (nSPS) is 24.4. The zero-order valence-electron chi connectivity index (χ0n) is 13.0. The molecule has 3 heterocycles. The summed E-state index contributed by atoms with van der Waals surface area (Å²) in [6, 6.07) is 3.96. The Kier molecular flexibility index (Phi) is 4.54.